The molecule has 0 saturated carbocycles. The molecular weight excluding hydrogens is 168 g/mol. The molecule has 0 radical (unpaired) electrons. The van der Waals surface area contributed by atoms with E-state index in [2.05, 4.69) is 4.98 Å². The highest BCUT2D eigenvalue weighted by molar-refractivity contribution is 4.78. The molecule has 1 aromatic rings. The van der Waals surface area contributed by atoms with Crippen LogP contribution in [0.15, 0.2) is 18.7 Å². The molecule has 1 aliphatic heterocycles. The van der Waals surface area contributed by atoms with E-state index in [4.69, 9.17) is 9.47 Å². The molecule has 4 heteroatoms. The van der Waals surface area contributed by atoms with Crippen LogP contribution in [0.25, 0.3) is 0 Å². The van der Waals surface area contributed by atoms with Gasteiger partial charge in [0.2, 0.25) is 0 Å². The number of rotatable bonds is 2. The lowest BCUT2D eigenvalue weighted by molar-refractivity contribution is -0.139. The summed E-state index contributed by atoms with van der Waals surface area (Å²) in [4.78, 5) is 3.97. The Hall–Kier alpha value is -0.870. The van der Waals surface area contributed by atoms with Crippen LogP contribution in [-0.2, 0) is 16.0 Å². The van der Waals surface area contributed by atoms with Crippen LogP contribution in [0.4, 0.5) is 0 Å². The first-order chi connectivity index (χ1) is 6.16. The molecule has 4 nitrogen and oxygen atoms in total. The SMILES string of the molecule is CC1(C)OC[C@H](Cn2ccnc2)O1. The third-order valence-corrected chi connectivity index (χ3v) is 2.04. The van der Waals surface area contributed by atoms with Crippen LogP contribution in [0.1, 0.15) is 13.8 Å². The minimum atomic E-state index is -0.425. The van der Waals surface area contributed by atoms with Crippen molar-refractivity contribution in [1.29, 1.82) is 0 Å². The molecule has 1 atom stereocenters. The van der Waals surface area contributed by atoms with Gasteiger partial charge in [0, 0.05) is 12.4 Å². The Bertz CT molecular complexity index is 269. The molecule has 1 fully saturated rings. The smallest absolute Gasteiger partial charge is 0.163 e. The van der Waals surface area contributed by atoms with Crippen molar-refractivity contribution in [2.75, 3.05) is 6.61 Å². The summed E-state index contributed by atoms with van der Waals surface area (Å²) in [5.74, 6) is -0.425. The van der Waals surface area contributed by atoms with Crippen molar-refractivity contribution in [3.8, 4) is 0 Å². The lowest BCUT2D eigenvalue weighted by Crippen LogP contribution is -2.23. The van der Waals surface area contributed by atoms with Crippen LogP contribution in [0, 0.1) is 0 Å². The van der Waals surface area contributed by atoms with Gasteiger partial charge in [-0.05, 0) is 13.8 Å². The van der Waals surface area contributed by atoms with Gasteiger partial charge >= 0.3 is 0 Å². The van der Waals surface area contributed by atoms with E-state index < -0.39 is 5.79 Å². The lowest BCUT2D eigenvalue weighted by Gasteiger charge is -2.17. The maximum Gasteiger partial charge on any atom is 0.163 e. The fourth-order valence-corrected chi connectivity index (χ4v) is 1.48. The van der Waals surface area contributed by atoms with Crippen molar-refractivity contribution in [3.63, 3.8) is 0 Å². The van der Waals surface area contributed by atoms with Gasteiger partial charge in [0.25, 0.3) is 0 Å². The third-order valence-electron chi connectivity index (χ3n) is 2.04. The quantitative estimate of drug-likeness (QED) is 0.685. The van der Waals surface area contributed by atoms with E-state index in [1.807, 2.05) is 24.6 Å². The zero-order chi connectivity index (χ0) is 9.31. The van der Waals surface area contributed by atoms with Crippen molar-refractivity contribution in [2.24, 2.45) is 0 Å². The summed E-state index contributed by atoms with van der Waals surface area (Å²) in [7, 11) is 0. The second-order valence-electron chi connectivity index (χ2n) is 3.71. The first-order valence-corrected chi connectivity index (χ1v) is 4.43. The Morgan fingerprint density at radius 2 is 2.46 bits per heavy atom. The predicted molar refractivity (Wildman–Crippen MR) is 47.1 cm³/mol. The van der Waals surface area contributed by atoms with Crippen molar-refractivity contribution in [1.82, 2.24) is 9.55 Å². The molecule has 2 rings (SSSR count). The first kappa shape index (κ1) is 8.72. The Morgan fingerprint density at radius 1 is 1.62 bits per heavy atom. The van der Waals surface area contributed by atoms with E-state index in [1.54, 1.807) is 12.5 Å². The molecule has 2 heterocycles. The second-order valence-corrected chi connectivity index (χ2v) is 3.71. The molecule has 72 valence electrons. The van der Waals surface area contributed by atoms with Crippen molar-refractivity contribution >= 4 is 0 Å². The molecule has 1 saturated heterocycles. The molecule has 0 aromatic carbocycles. The van der Waals surface area contributed by atoms with Crippen LogP contribution in [0.2, 0.25) is 0 Å². The average molecular weight is 182 g/mol. The van der Waals surface area contributed by atoms with Gasteiger partial charge in [-0.3, -0.25) is 0 Å². The van der Waals surface area contributed by atoms with Crippen LogP contribution in [-0.4, -0.2) is 28.0 Å². The molecular formula is C9H14N2O2. The van der Waals surface area contributed by atoms with E-state index in [0.29, 0.717) is 6.61 Å². The minimum Gasteiger partial charge on any atom is -0.348 e. The van der Waals surface area contributed by atoms with Crippen LogP contribution in [0.5, 0.6) is 0 Å². The molecule has 1 aliphatic rings. The number of ether oxygens (including phenoxy) is 2. The zero-order valence-electron chi connectivity index (χ0n) is 7.93. The van der Waals surface area contributed by atoms with Gasteiger partial charge in [-0.15, -0.1) is 0 Å². The second kappa shape index (κ2) is 3.12. The molecule has 0 N–H and O–H groups in total. The van der Waals surface area contributed by atoms with E-state index in [0.717, 1.165) is 6.54 Å². The lowest BCUT2D eigenvalue weighted by atomic mass is 10.3. The zero-order valence-corrected chi connectivity index (χ0v) is 7.93. The third kappa shape index (κ3) is 2.08. The van der Waals surface area contributed by atoms with Crippen molar-refractivity contribution < 1.29 is 9.47 Å². The maximum absolute atomic E-state index is 5.65. The Balaban J connectivity index is 1.91. The molecule has 0 aliphatic carbocycles. The summed E-state index contributed by atoms with van der Waals surface area (Å²) in [6, 6.07) is 0. The maximum atomic E-state index is 5.65. The fraction of sp³-hybridized carbons (Fsp3) is 0.667. The average Bonchev–Trinajstić information content (AvgIpc) is 2.61. The largest absolute Gasteiger partial charge is 0.348 e. The normalized spacial score (nSPS) is 26.5. The van der Waals surface area contributed by atoms with Crippen molar-refractivity contribution in [3.05, 3.63) is 18.7 Å². The van der Waals surface area contributed by atoms with Gasteiger partial charge in [0.1, 0.15) is 6.10 Å². The highest BCUT2D eigenvalue weighted by atomic mass is 16.7. The van der Waals surface area contributed by atoms with Gasteiger partial charge in [-0.25, -0.2) is 4.98 Å². The molecule has 0 bridgehead atoms. The highest BCUT2D eigenvalue weighted by Crippen LogP contribution is 2.22. The number of nitrogens with zero attached hydrogens (tertiary/aromatic N) is 2. The van der Waals surface area contributed by atoms with E-state index in [1.165, 1.54) is 0 Å². The molecule has 0 unspecified atom stereocenters. The monoisotopic (exact) mass is 182 g/mol. The molecule has 0 amide bonds. The number of imidazole rings is 1. The highest BCUT2D eigenvalue weighted by Gasteiger charge is 2.32. The fourth-order valence-electron chi connectivity index (χ4n) is 1.48. The standard InChI is InChI=1S/C9H14N2O2/c1-9(2)12-6-8(13-9)5-11-4-3-10-7-11/h3-4,7-8H,5-6H2,1-2H3/t8-/m0/s1. The topological polar surface area (TPSA) is 36.3 Å². The first-order valence-electron chi connectivity index (χ1n) is 4.43. The number of hydrogen-bond donors (Lipinski definition) is 0. The molecule has 1 aromatic heterocycles. The van der Waals surface area contributed by atoms with Gasteiger partial charge in [-0.2, -0.15) is 0 Å². The van der Waals surface area contributed by atoms with Gasteiger partial charge in [-0.1, -0.05) is 0 Å². The number of hydrogen-bond acceptors (Lipinski definition) is 3. The van der Waals surface area contributed by atoms with Gasteiger partial charge in [0.15, 0.2) is 5.79 Å². The van der Waals surface area contributed by atoms with Crippen molar-refractivity contribution in [2.45, 2.75) is 32.3 Å². The minimum absolute atomic E-state index is 0.143. The summed E-state index contributed by atoms with van der Waals surface area (Å²) in [6.45, 7) is 5.33. The van der Waals surface area contributed by atoms with Crippen LogP contribution >= 0.6 is 0 Å². The van der Waals surface area contributed by atoms with Crippen LogP contribution < -0.4 is 0 Å². The summed E-state index contributed by atoms with van der Waals surface area (Å²) < 4.78 is 13.1. The van der Waals surface area contributed by atoms with Gasteiger partial charge < -0.3 is 14.0 Å². The Morgan fingerprint density at radius 3 is 3.00 bits per heavy atom. The van der Waals surface area contributed by atoms with E-state index in [-0.39, 0.29) is 6.10 Å². The summed E-state index contributed by atoms with van der Waals surface area (Å²) in [5.41, 5.74) is 0. The number of aromatic nitrogens is 2. The molecule has 0 spiro atoms. The van der Waals surface area contributed by atoms with E-state index in [9.17, 15) is 0 Å². The Labute approximate surface area is 77.5 Å². The van der Waals surface area contributed by atoms with Crippen LogP contribution in [0.3, 0.4) is 0 Å². The summed E-state index contributed by atoms with van der Waals surface area (Å²) in [6.07, 6.45) is 5.62. The molecule has 13 heavy (non-hydrogen) atoms. The summed E-state index contributed by atoms with van der Waals surface area (Å²) in [5, 5.41) is 0. The summed E-state index contributed by atoms with van der Waals surface area (Å²) >= 11 is 0. The predicted octanol–water partition coefficient (Wildman–Crippen LogP) is 1.03. The van der Waals surface area contributed by atoms with Gasteiger partial charge in [0.05, 0.1) is 19.5 Å². The van der Waals surface area contributed by atoms with E-state index >= 15 is 0 Å². The Kier molecular flexibility index (Phi) is 2.09.